The normalized spacial score (nSPS) is 11.5. The first kappa shape index (κ1) is 36.5. The van der Waals surface area contributed by atoms with E-state index in [-0.39, 0.29) is 0 Å². The number of aromatic nitrogens is 1. The van der Waals surface area contributed by atoms with Crippen molar-refractivity contribution in [2.45, 2.75) is 0 Å². The molecule has 0 amide bonds. The summed E-state index contributed by atoms with van der Waals surface area (Å²) < 4.78 is 8.99. The van der Waals surface area contributed by atoms with Crippen LogP contribution in [0.1, 0.15) is 0 Å². The van der Waals surface area contributed by atoms with Gasteiger partial charge in [0.1, 0.15) is 11.2 Å². The Morgan fingerprint density at radius 2 is 0.873 bits per heavy atom. The minimum atomic E-state index is 0.892. The number of hydrogen-bond donors (Lipinski definition) is 0. The third-order valence-electron chi connectivity index (χ3n) is 12.4. The smallest absolute Gasteiger partial charge is 0.143 e. The van der Waals surface area contributed by atoms with Crippen LogP contribution in [-0.2, 0) is 0 Å². The fraction of sp³-hybridized carbons (Fsp3) is 0. The van der Waals surface area contributed by atoms with E-state index in [4.69, 9.17) is 4.42 Å². The molecule has 0 aliphatic rings. The van der Waals surface area contributed by atoms with Crippen molar-refractivity contribution < 1.29 is 4.42 Å². The maximum absolute atomic E-state index is 6.60. The van der Waals surface area contributed by atoms with Crippen molar-refractivity contribution in [3.63, 3.8) is 0 Å². The molecule has 2 aromatic heterocycles. The van der Waals surface area contributed by atoms with E-state index in [1.165, 1.54) is 27.5 Å². The Labute approximate surface area is 366 Å². The van der Waals surface area contributed by atoms with Crippen LogP contribution < -0.4 is 4.90 Å². The summed E-state index contributed by atoms with van der Waals surface area (Å²) in [6.45, 7) is 0. The van der Waals surface area contributed by atoms with Crippen LogP contribution in [0.3, 0.4) is 0 Å². The second-order valence-corrected chi connectivity index (χ2v) is 16.0. The first-order valence-electron chi connectivity index (χ1n) is 21.5. The molecule has 0 radical (unpaired) electrons. The van der Waals surface area contributed by atoms with Crippen molar-refractivity contribution >= 4 is 60.8 Å². The minimum Gasteiger partial charge on any atom is -0.455 e. The van der Waals surface area contributed by atoms with E-state index >= 15 is 0 Å². The first-order valence-corrected chi connectivity index (χ1v) is 21.5. The Kier molecular flexibility index (Phi) is 8.83. The van der Waals surface area contributed by atoms with E-state index < -0.39 is 0 Å². The van der Waals surface area contributed by atoms with Gasteiger partial charge in [-0.25, -0.2) is 0 Å². The predicted molar refractivity (Wildman–Crippen MR) is 264 cm³/mol. The summed E-state index contributed by atoms with van der Waals surface area (Å²) in [6.07, 6.45) is 0. The van der Waals surface area contributed by atoms with Crippen LogP contribution in [0.25, 0.3) is 93.9 Å². The molecule has 0 spiro atoms. The Balaban J connectivity index is 1.11. The van der Waals surface area contributed by atoms with Crippen molar-refractivity contribution in [1.82, 2.24) is 4.57 Å². The van der Waals surface area contributed by atoms with E-state index in [0.717, 1.165) is 83.5 Å². The number of para-hydroxylation sites is 4. The second-order valence-electron chi connectivity index (χ2n) is 16.0. The van der Waals surface area contributed by atoms with E-state index in [1.807, 2.05) is 6.07 Å². The Morgan fingerprint density at radius 1 is 0.333 bits per heavy atom. The SMILES string of the molecule is c1ccc(-c2ccccc2-c2ccc(N(c3ccc(-c4cccc5c4oc4ccccc45)cc3-c3ccccc3)c3cccc4c3c3ccccc3n4-c3ccccc3)cc2)cc1. The van der Waals surface area contributed by atoms with Crippen LogP contribution in [0.2, 0.25) is 0 Å². The van der Waals surface area contributed by atoms with Gasteiger partial charge in [0, 0.05) is 44.0 Å². The highest BCUT2D eigenvalue weighted by Gasteiger charge is 2.24. The maximum atomic E-state index is 6.60. The summed E-state index contributed by atoms with van der Waals surface area (Å²) in [4.78, 5) is 2.46. The van der Waals surface area contributed by atoms with E-state index in [1.54, 1.807) is 0 Å². The van der Waals surface area contributed by atoms with Crippen molar-refractivity contribution in [3.05, 3.63) is 243 Å². The highest BCUT2D eigenvalue weighted by atomic mass is 16.3. The molecule has 3 heteroatoms. The summed E-state index contributed by atoms with van der Waals surface area (Å²) in [5, 5.41) is 4.62. The van der Waals surface area contributed by atoms with Gasteiger partial charge in [0.2, 0.25) is 0 Å². The average Bonchev–Trinajstić information content (AvgIpc) is 3.92. The molecule has 0 saturated carbocycles. The van der Waals surface area contributed by atoms with Gasteiger partial charge >= 0.3 is 0 Å². The molecule has 2 heterocycles. The average molecular weight is 805 g/mol. The molecule has 12 aromatic rings. The number of furan rings is 1. The Morgan fingerprint density at radius 3 is 1.62 bits per heavy atom. The lowest BCUT2D eigenvalue weighted by Crippen LogP contribution is -2.12. The van der Waals surface area contributed by atoms with Gasteiger partial charge in [-0.1, -0.05) is 182 Å². The van der Waals surface area contributed by atoms with Crippen LogP contribution in [-0.4, -0.2) is 4.57 Å². The summed E-state index contributed by atoms with van der Waals surface area (Å²) in [7, 11) is 0. The lowest BCUT2D eigenvalue weighted by atomic mass is 9.93. The van der Waals surface area contributed by atoms with Gasteiger partial charge in [-0.2, -0.15) is 0 Å². The van der Waals surface area contributed by atoms with Gasteiger partial charge in [-0.3, -0.25) is 0 Å². The van der Waals surface area contributed by atoms with Crippen LogP contribution in [0.4, 0.5) is 17.1 Å². The zero-order valence-corrected chi connectivity index (χ0v) is 34.4. The third kappa shape index (κ3) is 6.21. The fourth-order valence-electron chi connectivity index (χ4n) is 9.57. The van der Waals surface area contributed by atoms with Gasteiger partial charge in [0.15, 0.2) is 0 Å². The predicted octanol–water partition coefficient (Wildman–Crippen LogP) is 16.8. The molecule has 0 aliphatic carbocycles. The van der Waals surface area contributed by atoms with E-state index in [0.29, 0.717) is 0 Å². The quantitative estimate of drug-likeness (QED) is 0.153. The minimum absolute atomic E-state index is 0.892. The molecular weight excluding hydrogens is 765 g/mol. The molecule has 0 atom stereocenters. The van der Waals surface area contributed by atoms with Crippen molar-refractivity contribution in [2.75, 3.05) is 4.90 Å². The number of hydrogen-bond acceptors (Lipinski definition) is 2. The second kappa shape index (κ2) is 15.3. The molecule has 0 saturated heterocycles. The van der Waals surface area contributed by atoms with Gasteiger partial charge in [-0.15, -0.1) is 0 Å². The van der Waals surface area contributed by atoms with Gasteiger partial charge in [0.05, 0.1) is 22.4 Å². The third-order valence-corrected chi connectivity index (χ3v) is 12.4. The number of anilines is 3. The van der Waals surface area contributed by atoms with Crippen LogP contribution in [0, 0.1) is 0 Å². The lowest BCUT2D eigenvalue weighted by Gasteiger charge is -2.29. The van der Waals surface area contributed by atoms with E-state index in [9.17, 15) is 0 Å². The number of nitrogens with zero attached hydrogens (tertiary/aromatic N) is 2. The monoisotopic (exact) mass is 804 g/mol. The zero-order valence-electron chi connectivity index (χ0n) is 34.4. The van der Waals surface area contributed by atoms with Gasteiger partial charge < -0.3 is 13.9 Å². The lowest BCUT2D eigenvalue weighted by molar-refractivity contribution is 0.670. The van der Waals surface area contributed by atoms with Gasteiger partial charge in [0.25, 0.3) is 0 Å². The highest BCUT2D eigenvalue weighted by molar-refractivity contribution is 6.17. The molecule has 12 rings (SSSR count). The molecule has 0 fully saturated rings. The van der Waals surface area contributed by atoms with Crippen molar-refractivity contribution in [2.24, 2.45) is 0 Å². The molecular formula is C60H40N2O. The fourth-order valence-corrected chi connectivity index (χ4v) is 9.57. The summed E-state index contributed by atoms with van der Waals surface area (Å²) >= 11 is 0. The van der Waals surface area contributed by atoms with Crippen molar-refractivity contribution in [1.29, 1.82) is 0 Å². The first-order chi connectivity index (χ1) is 31.3. The topological polar surface area (TPSA) is 21.3 Å². The van der Waals surface area contributed by atoms with Crippen molar-refractivity contribution in [3.8, 4) is 50.2 Å². The molecule has 10 aromatic carbocycles. The van der Waals surface area contributed by atoms with Crippen LogP contribution >= 0.6 is 0 Å². The molecule has 0 aliphatic heterocycles. The molecule has 0 unspecified atom stereocenters. The molecule has 296 valence electrons. The van der Waals surface area contributed by atoms with Crippen LogP contribution in [0.15, 0.2) is 247 Å². The molecule has 3 nitrogen and oxygen atoms in total. The molecule has 0 N–H and O–H groups in total. The maximum Gasteiger partial charge on any atom is 0.143 e. The number of fused-ring (bicyclic) bond motifs is 6. The number of rotatable bonds is 8. The summed E-state index contributed by atoms with van der Waals surface area (Å²) in [6, 6.07) is 87.1. The Bertz CT molecular complexity index is 3600. The molecule has 63 heavy (non-hydrogen) atoms. The summed E-state index contributed by atoms with van der Waals surface area (Å²) in [5.74, 6) is 0. The Hall–Kier alpha value is -8.40. The summed E-state index contributed by atoms with van der Waals surface area (Å²) in [5.41, 5.74) is 17.6. The zero-order chi connectivity index (χ0) is 41.7. The van der Waals surface area contributed by atoms with Gasteiger partial charge in [-0.05, 0) is 94.0 Å². The van der Waals surface area contributed by atoms with E-state index in [2.05, 4.69) is 246 Å². The molecule has 0 bridgehead atoms. The highest BCUT2D eigenvalue weighted by Crippen LogP contribution is 2.48. The number of benzene rings is 10. The largest absolute Gasteiger partial charge is 0.455 e. The van der Waals surface area contributed by atoms with Crippen LogP contribution in [0.5, 0.6) is 0 Å². The standard InChI is InChI=1S/C60H40N2O/c1-4-18-41(19-5-1)47-24-10-11-25-48(47)43-34-37-46(38-35-43)62(57-32-17-31-56-59(57)52-27-12-14-30-54(52)61(56)45-22-8-3-9-23-45)55-39-36-44(40-53(55)42-20-6-2-7-21-42)49-28-16-29-51-50-26-13-15-33-58(50)63-60(49)51/h1-40H.